The molecule has 0 aromatic heterocycles. The van der Waals surface area contributed by atoms with Gasteiger partial charge in [-0.05, 0) is 61.7 Å². The molecule has 7 nitrogen and oxygen atoms in total. The largest absolute Gasteiger partial charge is 0.357 e. The van der Waals surface area contributed by atoms with E-state index in [1.54, 1.807) is 49.4 Å². The predicted octanol–water partition coefficient (Wildman–Crippen LogP) is 5.22. The third-order valence-electron chi connectivity index (χ3n) is 6.28. The van der Waals surface area contributed by atoms with Crippen LogP contribution >= 0.6 is 23.2 Å². The molecular formula is C28H31Cl2N3O4S. The maximum Gasteiger partial charge on any atom is 0.264 e. The summed E-state index contributed by atoms with van der Waals surface area (Å²) >= 11 is 12.2. The minimum Gasteiger partial charge on any atom is -0.357 e. The molecule has 0 aliphatic heterocycles. The Bertz CT molecular complexity index is 1410. The molecule has 3 aromatic carbocycles. The number of hydrogen-bond acceptors (Lipinski definition) is 4. The number of amides is 2. The third kappa shape index (κ3) is 6.67. The van der Waals surface area contributed by atoms with Gasteiger partial charge in [-0.1, -0.05) is 72.1 Å². The number of anilines is 1. The first-order chi connectivity index (χ1) is 18.0. The summed E-state index contributed by atoms with van der Waals surface area (Å²) in [6.07, 6.45) is 0.561. The Balaban J connectivity index is 2.08. The molecule has 38 heavy (non-hydrogen) atoms. The molecule has 3 aromatic rings. The van der Waals surface area contributed by atoms with Crippen molar-refractivity contribution in [1.82, 2.24) is 10.2 Å². The molecule has 0 unspecified atom stereocenters. The minimum atomic E-state index is -4.12. The summed E-state index contributed by atoms with van der Waals surface area (Å²) < 4.78 is 29.0. The summed E-state index contributed by atoms with van der Waals surface area (Å²) in [5.74, 6) is -0.936. The van der Waals surface area contributed by atoms with E-state index in [1.165, 1.54) is 24.1 Å². The number of halogens is 2. The normalized spacial score (nSPS) is 12.1. The summed E-state index contributed by atoms with van der Waals surface area (Å²) in [6.45, 7) is 4.90. The maximum atomic E-state index is 13.9. The van der Waals surface area contributed by atoms with Crippen LogP contribution in [0.3, 0.4) is 0 Å². The highest BCUT2D eigenvalue weighted by Gasteiger charge is 2.33. The number of aryl methyl sites for hydroxylation is 2. The van der Waals surface area contributed by atoms with E-state index in [0.29, 0.717) is 27.7 Å². The lowest BCUT2D eigenvalue weighted by molar-refractivity contribution is -0.139. The van der Waals surface area contributed by atoms with Gasteiger partial charge in [0.2, 0.25) is 11.8 Å². The van der Waals surface area contributed by atoms with Crippen LogP contribution in [0.2, 0.25) is 10.0 Å². The molecule has 10 heteroatoms. The molecule has 0 saturated heterocycles. The van der Waals surface area contributed by atoms with Crippen LogP contribution in [0.15, 0.2) is 71.6 Å². The summed E-state index contributed by atoms with van der Waals surface area (Å²) in [7, 11) is -2.64. The molecule has 0 saturated carbocycles. The maximum absolute atomic E-state index is 13.9. The summed E-state index contributed by atoms with van der Waals surface area (Å²) in [5, 5.41) is 3.23. The van der Waals surface area contributed by atoms with Gasteiger partial charge in [-0.2, -0.15) is 0 Å². The van der Waals surface area contributed by atoms with Crippen molar-refractivity contribution in [1.29, 1.82) is 0 Å². The molecule has 202 valence electrons. The molecule has 0 bridgehead atoms. The van der Waals surface area contributed by atoms with Crippen molar-refractivity contribution in [2.75, 3.05) is 17.9 Å². The van der Waals surface area contributed by atoms with Gasteiger partial charge in [-0.15, -0.1) is 0 Å². The fraction of sp³-hybridized carbons (Fsp3) is 0.286. The topological polar surface area (TPSA) is 86.8 Å². The molecular weight excluding hydrogens is 545 g/mol. The Morgan fingerprint density at radius 3 is 2.24 bits per heavy atom. The van der Waals surface area contributed by atoms with E-state index >= 15 is 0 Å². The van der Waals surface area contributed by atoms with Gasteiger partial charge in [-0.3, -0.25) is 13.9 Å². The molecule has 0 aliphatic carbocycles. The van der Waals surface area contributed by atoms with Crippen molar-refractivity contribution < 1.29 is 18.0 Å². The van der Waals surface area contributed by atoms with Crippen LogP contribution in [0.25, 0.3) is 0 Å². The van der Waals surface area contributed by atoms with E-state index in [9.17, 15) is 18.0 Å². The van der Waals surface area contributed by atoms with Crippen LogP contribution in [0.5, 0.6) is 0 Å². The summed E-state index contributed by atoms with van der Waals surface area (Å²) in [5.41, 5.74) is 2.73. The molecule has 1 N–H and O–H groups in total. The number of sulfonamides is 1. The minimum absolute atomic E-state index is 0.0259. The van der Waals surface area contributed by atoms with Gasteiger partial charge in [0.15, 0.2) is 0 Å². The molecule has 0 heterocycles. The fourth-order valence-corrected chi connectivity index (χ4v) is 5.80. The van der Waals surface area contributed by atoms with Crippen LogP contribution in [-0.4, -0.2) is 44.8 Å². The standard InChI is InChI=1S/C28H31Cl2N3O4S/c1-5-22-8-6-7-9-26(22)33(38(36,37)23-13-10-19(2)11-14-23)18-27(34)32(20(3)28(35)31-4)17-21-12-15-24(29)25(30)16-21/h6-16,20H,5,17-18H2,1-4H3,(H,31,35)/t20-/m0/s1. The summed E-state index contributed by atoms with van der Waals surface area (Å²) in [4.78, 5) is 27.9. The number of benzene rings is 3. The van der Waals surface area contributed by atoms with Gasteiger partial charge in [-0.25, -0.2) is 8.42 Å². The molecule has 1 atom stereocenters. The Kier molecular flexibility index (Phi) is 9.82. The van der Waals surface area contributed by atoms with Gasteiger partial charge in [0.25, 0.3) is 10.0 Å². The van der Waals surface area contributed by atoms with Crippen LogP contribution < -0.4 is 9.62 Å². The first-order valence-corrected chi connectivity index (χ1v) is 14.3. The van der Waals surface area contributed by atoms with E-state index in [1.807, 2.05) is 26.0 Å². The molecule has 0 fully saturated rings. The van der Waals surface area contributed by atoms with Gasteiger partial charge in [0.05, 0.1) is 20.6 Å². The van der Waals surface area contributed by atoms with Crippen LogP contribution in [-0.2, 0) is 32.6 Å². The average Bonchev–Trinajstić information content (AvgIpc) is 2.91. The number of para-hydroxylation sites is 1. The zero-order valence-electron chi connectivity index (χ0n) is 21.7. The smallest absolute Gasteiger partial charge is 0.264 e. The lowest BCUT2D eigenvalue weighted by atomic mass is 10.1. The van der Waals surface area contributed by atoms with Crippen LogP contribution in [0, 0.1) is 6.92 Å². The van der Waals surface area contributed by atoms with Crippen molar-refractivity contribution in [3.05, 3.63) is 93.5 Å². The highest BCUT2D eigenvalue weighted by Crippen LogP contribution is 2.29. The van der Waals surface area contributed by atoms with Crippen LogP contribution in [0.4, 0.5) is 5.69 Å². The second-order valence-electron chi connectivity index (χ2n) is 8.87. The zero-order chi connectivity index (χ0) is 28.0. The fourth-order valence-electron chi connectivity index (χ4n) is 4.03. The molecule has 3 rings (SSSR count). The molecule has 0 spiro atoms. The summed E-state index contributed by atoms with van der Waals surface area (Å²) in [6, 6.07) is 17.6. The second kappa shape index (κ2) is 12.7. The van der Waals surface area contributed by atoms with Crippen LogP contribution in [0.1, 0.15) is 30.5 Å². The molecule has 0 aliphatic rings. The Labute approximate surface area is 234 Å². The lowest BCUT2D eigenvalue weighted by Crippen LogP contribution is -2.50. The number of carbonyl (C=O) groups is 2. The van der Waals surface area contributed by atoms with E-state index in [2.05, 4.69) is 5.32 Å². The Morgan fingerprint density at radius 1 is 0.974 bits per heavy atom. The second-order valence-corrected chi connectivity index (χ2v) is 11.5. The Morgan fingerprint density at radius 2 is 1.63 bits per heavy atom. The highest BCUT2D eigenvalue weighted by molar-refractivity contribution is 7.92. The predicted molar refractivity (Wildman–Crippen MR) is 152 cm³/mol. The number of nitrogens with one attached hydrogen (secondary N) is 1. The van der Waals surface area contributed by atoms with Gasteiger partial charge in [0, 0.05) is 13.6 Å². The van der Waals surface area contributed by atoms with Gasteiger partial charge in [0.1, 0.15) is 12.6 Å². The van der Waals surface area contributed by atoms with Crippen molar-refractivity contribution in [3.63, 3.8) is 0 Å². The number of hydrogen-bond donors (Lipinski definition) is 1. The first kappa shape index (κ1) is 29.5. The first-order valence-electron chi connectivity index (χ1n) is 12.1. The van der Waals surface area contributed by atoms with E-state index in [0.717, 1.165) is 15.4 Å². The monoisotopic (exact) mass is 575 g/mol. The van der Waals surface area contributed by atoms with E-state index < -0.39 is 28.5 Å². The number of rotatable bonds is 10. The lowest BCUT2D eigenvalue weighted by Gasteiger charge is -2.32. The van der Waals surface area contributed by atoms with Gasteiger partial charge < -0.3 is 10.2 Å². The third-order valence-corrected chi connectivity index (χ3v) is 8.79. The van der Waals surface area contributed by atoms with Crippen molar-refractivity contribution in [3.8, 4) is 0 Å². The quantitative estimate of drug-likeness (QED) is 0.359. The SMILES string of the molecule is CCc1ccccc1N(CC(=O)N(Cc1ccc(Cl)c(Cl)c1)[C@@H](C)C(=O)NC)S(=O)(=O)c1ccc(C)cc1. The van der Waals surface area contributed by atoms with Crippen molar-refractivity contribution in [2.45, 2.75) is 44.7 Å². The highest BCUT2D eigenvalue weighted by atomic mass is 35.5. The van der Waals surface area contributed by atoms with Crippen molar-refractivity contribution in [2.24, 2.45) is 0 Å². The average molecular weight is 577 g/mol. The Hall–Kier alpha value is -3.07. The van der Waals surface area contributed by atoms with E-state index in [4.69, 9.17) is 23.2 Å². The molecule has 2 amide bonds. The van der Waals surface area contributed by atoms with Crippen molar-refractivity contribution >= 4 is 50.7 Å². The number of nitrogens with zero attached hydrogens (tertiary/aromatic N) is 2. The molecule has 0 radical (unpaired) electrons. The van der Waals surface area contributed by atoms with Gasteiger partial charge >= 0.3 is 0 Å². The zero-order valence-corrected chi connectivity index (χ0v) is 24.1. The number of likely N-dealkylation sites (N-methyl/N-ethyl adjacent to an activating group) is 1. The number of carbonyl (C=O) groups excluding carboxylic acids is 2. The van der Waals surface area contributed by atoms with E-state index in [-0.39, 0.29) is 17.3 Å².